The molecule has 0 saturated carbocycles. The Bertz CT molecular complexity index is 968. The molecule has 132 valence electrons. The molecule has 3 rings (SSSR count). The fraction of sp³-hybridized carbons (Fsp3) is 0.182. The summed E-state index contributed by atoms with van der Waals surface area (Å²) in [5.74, 6) is -0.372. The van der Waals surface area contributed by atoms with Gasteiger partial charge in [-0.05, 0) is 37.1 Å². The zero-order valence-electron chi connectivity index (χ0n) is 14.9. The number of aldehydes is 1. The minimum Gasteiger partial charge on any atom is -0.463 e. The van der Waals surface area contributed by atoms with Gasteiger partial charge < -0.3 is 9.30 Å². The molecule has 0 atom stereocenters. The van der Waals surface area contributed by atoms with Crippen molar-refractivity contribution in [1.29, 1.82) is 0 Å². The van der Waals surface area contributed by atoms with Crippen molar-refractivity contribution in [3.8, 4) is 0 Å². The molecule has 0 radical (unpaired) electrons. The van der Waals surface area contributed by atoms with E-state index in [9.17, 15) is 9.59 Å². The summed E-state index contributed by atoms with van der Waals surface area (Å²) in [7, 11) is 0. The molecular formula is C22H21NO3. The molecule has 1 aromatic heterocycles. The highest BCUT2D eigenvalue weighted by Crippen LogP contribution is 2.26. The molecule has 3 aromatic rings. The summed E-state index contributed by atoms with van der Waals surface area (Å²) in [6, 6.07) is 17.4. The van der Waals surface area contributed by atoms with Gasteiger partial charge >= 0.3 is 5.97 Å². The number of rotatable bonds is 6. The second-order valence-corrected chi connectivity index (χ2v) is 6.03. The molecule has 4 nitrogen and oxygen atoms in total. The topological polar surface area (TPSA) is 48.3 Å². The van der Waals surface area contributed by atoms with Crippen molar-refractivity contribution in [3.63, 3.8) is 0 Å². The van der Waals surface area contributed by atoms with Crippen molar-refractivity contribution in [2.45, 2.75) is 20.4 Å². The summed E-state index contributed by atoms with van der Waals surface area (Å²) in [4.78, 5) is 24.2. The number of carbonyl (C=O) groups excluding carboxylic acids is 2. The minimum atomic E-state index is -0.372. The molecular weight excluding hydrogens is 326 g/mol. The summed E-state index contributed by atoms with van der Waals surface area (Å²) in [5, 5.41) is 1.01. The van der Waals surface area contributed by atoms with Crippen LogP contribution in [0.4, 0.5) is 0 Å². The van der Waals surface area contributed by atoms with Crippen LogP contribution in [-0.4, -0.2) is 23.4 Å². The van der Waals surface area contributed by atoms with Gasteiger partial charge in [0.15, 0.2) is 6.29 Å². The first-order chi connectivity index (χ1) is 12.7. The monoisotopic (exact) mass is 347 g/mol. The van der Waals surface area contributed by atoms with Gasteiger partial charge in [0.2, 0.25) is 0 Å². The number of hydrogen-bond acceptors (Lipinski definition) is 3. The number of nitrogens with zero attached hydrogens (tertiary/aromatic N) is 1. The Balaban J connectivity index is 2.10. The average molecular weight is 347 g/mol. The molecule has 2 aromatic carbocycles. The number of benzene rings is 2. The Labute approximate surface area is 152 Å². The molecule has 0 amide bonds. The standard InChI is InChI=1S/C22H21NO3/c1-3-26-22(25)18(13-17-9-5-4-6-10-17)14-23-20-12-8-7-11-19(20)16(2)21(23)15-24/h4-13,15H,3,14H2,1-2H3/b18-13-. The maximum atomic E-state index is 12.5. The number of ether oxygens (including phenoxy) is 1. The number of esters is 1. The highest BCUT2D eigenvalue weighted by Gasteiger charge is 2.18. The molecule has 0 spiro atoms. The van der Waals surface area contributed by atoms with E-state index in [1.165, 1.54) is 0 Å². The van der Waals surface area contributed by atoms with E-state index in [-0.39, 0.29) is 12.5 Å². The number of aromatic nitrogens is 1. The van der Waals surface area contributed by atoms with Crippen LogP contribution >= 0.6 is 0 Å². The molecule has 0 aliphatic rings. The van der Waals surface area contributed by atoms with Gasteiger partial charge in [0.05, 0.1) is 24.4 Å². The quantitative estimate of drug-likeness (QED) is 0.377. The second kappa shape index (κ2) is 7.83. The van der Waals surface area contributed by atoms with Gasteiger partial charge in [0.25, 0.3) is 0 Å². The van der Waals surface area contributed by atoms with Gasteiger partial charge in [-0.3, -0.25) is 4.79 Å². The number of aryl methyl sites for hydroxylation is 1. The van der Waals surface area contributed by atoms with E-state index in [0.29, 0.717) is 17.9 Å². The molecule has 1 heterocycles. The van der Waals surface area contributed by atoms with Crippen molar-refractivity contribution in [1.82, 2.24) is 4.57 Å². The van der Waals surface area contributed by atoms with Gasteiger partial charge in [-0.2, -0.15) is 0 Å². The zero-order valence-corrected chi connectivity index (χ0v) is 14.9. The first-order valence-corrected chi connectivity index (χ1v) is 8.61. The van der Waals surface area contributed by atoms with E-state index >= 15 is 0 Å². The van der Waals surface area contributed by atoms with Crippen LogP contribution in [-0.2, 0) is 16.1 Å². The molecule has 0 aliphatic carbocycles. The van der Waals surface area contributed by atoms with Crippen molar-refractivity contribution in [2.24, 2.45) is 0 Å². The van der Waals surface area contributed by atoms with E-state index in [1.54, 1.807) is 6.92 Å². The van der Waals surface area contributed by atoms with Crippen LogP contribution in [0.25, 0.3) is 17.0 Å². The van der Waals surface area contributed by atoms with Crippen molar-refractivity contribution in [2.75, 3.05) is 6.61 Å². The Hall–Kier alpha value is -3.14. The van der Waals surface area contributed by atoms with Crippen LogP contribution in [0, 0.1) is 6.92 Å². The van der Waals surface area contributed by atoms with Gasteiger partial charge in [0.1, 0.15) is 0 Å². The molecule has 26 heavy (non-hydrogen) atoms. The Morgan fingerprint density at radius 1 is 1.08 bits per heavy atom. The lowest BCUT2D eigenvalue weighted by atomic mass is 10.1. The number of hydrogen-bond donors (Lipinski definition) is 0. The lowest BCUT2D eigenvalue weighted by Gasteiger charge is -2.11. The van der Waals surface area contributed by atoms with Crippen LogP contribution in [0.5, 0.6) is 0 Å². The lowest BCUT2D eigenvalue weighted by Crippen LogP contribution is -2.15. The highest BCUT2D eigenvalue weighted by molar-refractivity contribution is 5.96. The van der Waals surface area contributed by atoms with Crippen molar-refractivity contribution < 1.29 is 14.3 Å². The third-order valence-corrected chi connectivity index (χ3v) is 4.39. The number of fused-ring (bicyclic) bond motifs is 1. The van der Waals surface area contributed by atoms with Crippen LogP contribution in [0.3, 0.4) is 0 Å². The molecule has 0 N–H and O–H groups in total. The normalized spacial score (nSPS) is 11.5. The van der Waals surface area contributed by atoms with Gasteiger partial charge in [-0.1, -0.05) is 48.5 Å². The predicted octanol–water partition coefficient (Wildman–Crippen LogP) is 4.41. The van der Waals surface area contributed by atoms with Crippen molar-refractivity contribution in [3.05, 3.63) is 77.0 Å². The van der Waals surface area contributed by atoms with E-state index in [0.717, 1.165) is 28.3 Å². The number of para-hydroxylation sites is 1. The SMILES string of the molecule is CCOC(=O)/C(=C\c1ccccc1)Cn1c(C=O)c(C)c2ccccc21. The fourth-order valence-electron chi connectivity index (χ4n) is 3.13. The van der Waals surface area contributed by atoms with Crippen LogP contribution in [0.1, 0.15) is 28.5 Å². The average Bonchev–Trinajstić information content (AvgIpc) is 2.94. The predicted molar refractivity (Wildman–Crippen MR) is 103 cm³/mol. The highest BCUT2D eigenvalue weighted by atomic mass is 16.5. The van der Waals surface area contributed by atoms with E-state index in [2.05, 4.69) is 0 Å². The fourth-order valence-corrected chi connectivity index (χ4v) is 3.13. The number of carbonyl (C=O) groups is 2. The summed E-state index contributed by atoms with van der Waals surface area (Å²) in [6.45, 7) is 4.28. The lowest BCUT2D eigenvalue weighted by molar-refractivity contribution is -0.138. The van der Waals surface area contributed by atoms with Crippen LogP contribution in [0.15, 0.2) is 60.2 Å². The molecule has 0 saturated heterocycles. The summed E-state index contributed by atoms with van der Waals surface area (Å²) in [5.41, 5.74) is 3.83. The van der Waals surface area contributed by atoms with E-state index in [4.69, 9.17) is 4.74 Å². The Morgan fingerprint density at radius 3 is 2.46 bits per heavy atom. The molecule has 0 aliphatic heterocycles. The Kier molecular flexibility index (Phi) is 5.32. The largest absolute Gasteiger partial charge is 0.463 e. The molecule has 0 fully saturated rings. The molecule has 0 unspecified atom stereocenters. The summed E-state index contributed by atoms with van der Waals surface area (Å²) < 4.78 is 7.11. The first-order valence-electron chi connectivity index (χ1n) is 8.61. The smallest absolute Gasteiger partial charge is 0.335 e. The molecule has 0 bridgehead atoms. The zero-order chi connectivity index (χ0) is 18.5. The summed E-state index contributed by atoms with van der Waals surface area (Å²) >= 11 is 0. The third kappa shape index (κ3) is 3.45. The van der Waals surface area contributed by atoms with Crippen molar-refractivity contribution >= 4 is 29.2 Å². The second-order valence-electron chi connectivity index (χ2n) is 6.03. The van der Waals surface area contributed by atoms with Gasteiger partial charge in [-0.15, -0.1) is 0 Å². The Morgan fingerprint density at radius 2 is 1.77 bits per heavy atom. The van der Waals surface area contributed by atoms with E-state index in [1.807, 2.05) is 72.2 Å². The first kappa shape index (κ1) is 17.7. The summed E-state index contributed by atoms with van der Waals surface area (Å²) in [6.07, 6.45) is 2.66. The van der Waals surface area contributed by atoms with Crippen LogP contribution < -0.4 is 0 Å². The van der Waals surface area contributed by atoms with Gasteiger partial charge in [0, 0.05) is 10.9 Å². The third-order valence-electron chi connectivity index (χ3n) is 4.39. The maximum absolute atomic E-state index is 12.5. The van der Waals surface area contributed by atoms with E-state index < -0.39 is 0 Å². The molecule has 4 heteroatoms. The minimum absolute atomic E-state index is 0.274. The van der Waals surface area contributed by atoms with Gasteiger partial charge in [-0.25, -0.2) is 4.79 Å². The van der Waals surface area contributed by atoms with Crippen LogP contribution in [0.2, 0.25) is 0 Å². The maximum Gasteiger partial charge on any atom is 0.335 e.